The van der Waals surface area contributed by atoms with Crippen LogP contribution in [0, 0.1) is 6.92 Å². The van der Waals surface area contributed by atoms with E-state index in [1.54, 1.807) is 27.9 Å². The van der Waals surface area contributed by atoms with E-state index in [9.17, 15) is 9.59 Å². The lowest BCUT2D eigenvalue weighted by atomic mass is 10.0. The molecular weight excluding hydrogens is 320 g/mol. The molecule has 0 spiro atoms. The molecule has 1 N–H and O–H groups in total. The zero-order valence-electron chi connectivity index (χ0n) is 14.7. The molecule has 2 amide bonds. The molecule has 3 rings (SSSR count). The predicted octanol–water partition coefficient (Wildman–Crippen LogP) is 2.23. The number of aryl methyl sites for hydroxylation is 2. The first-order valence-electron chi connectivity index (χ1n) is 8.76. The Morgan fingerprint density at radius 3 is 3.00 bits per heavy atom. The second kappa shape index (κ2) is 7.55. The van der Waals surface area contributed by atoms with Crippen molar-refractivity contribution in [1.29, 1.82) is 0 Å². The highest BCUT2D eigenvalue weighted by atomic mass is 16.3. The first-order valence-corrected chi connectivity index (χ1v) is 8.76. The fourth-order valence-electron chi connectivity index (χ4n) is 3.18. The van der Waals surface area contributed by atoms with E-state index in [0.29, 0.717) is 24.4 Å². The molecule has 2 aromatic rings. The van der Waals surface area contributed by atoms with Crippen molar-refractivity contribution in [2.45, 2.75) is 45.7 Å². The van der Waals surface area contributed by atoms with Gasteiger partial charge in [0.1, 0.15) is 0 Å². The molecular formula is C18H24N4O3. The summed E-state index contributed by atoms with van der Waals surface area (Å²) >= 11 is 0. The van der Waals surface area contributed by atoms with E-state index < -0.39 is 0 Å². The number of carbonyl (C=O) groups excluding carboxylic acids is 2. The monoisotopic (exact) mass is 344 g/mol. The summed E-state index contributed by atoms with van der Waals surface area (Å²) < 4.78 is 6.99. The topological polar surface area (TPSA) is 80.4 Å². The number of nitrogens with one attached hydrogen (secondary N) is 1. The van der Waals surface area contributed by atoms with E-state index in [1.165, 1.54) is 6.26 Å². The third-order valence-corrected chi connectivity index (χ3v) is 4.42. The first-order chi connectivity index (χ1) is 12.1. The maximum atomic E-state index is 12.6. The molecule has 1 saturated heterocycles. The molecule has 7 nitrogen and oxygen atoms in total. The fraction of sp³-hybridized carbons (Fsp3) is 0.500. The van der Waals surface area contributed by atoms with Gasteiger partial charge in [-0.2, -0.15) is 5.10 Å². The van der Waals surface area contributed by atoms with Crippen molar-refractivity contribution >= 4 is 11.8 Å². The lowest BCUT2D eigenvalue weighted by Gasteiger charge is -2.32. The lowest BCUT2D eigenvalue weighted by Crippen LogP contribution is -2.49. The molecule has 0 unspecified atom stereocenters. The number of aromatic nitrogens is 2. The van der Waals surface area contributed by atoms with Crippen molar-refractivity contribution in [3.8, 4) is 0 Å². The van der Waals surface area contributed by atoms with Gasteiger partial charge in [-0.05, 0) is 38.3 Å². The highest BCUT2D eigenvalue weighted by Crippen LogP contribution is 2.15. The van der Waals surface area contributed by atoms with Crippen molar-refractivity contribution in [2.75, 3.05) is 13.1 Å². The zero-order valence-corrected chi connectivity index (χ0v) is 14.7. The van der Waals surface area contributed by atoms with Gasteiger partial charge in [0, 0.05) is 31.9 Å². The molecule has 1 fully saturated rings. The Kier molecular flexibility index (Phi) is 5.21. The van der Waals surface area contributed by atoms with Gasteiger partial charge in [-0.3, -0.25) is 14.3 Å². The Morgan fingerprint density at radius 2 is 2.28 bits per heavy atom. The van der Waals surface area contributed by atoms with Gasteiger partial charge < -0.3 is 14.6 Å². The molecule has 2 aromatic heterocycles. The van der Waals surface area contributed by atoms with E-state index in [-0.39, 0.29) is 17.9 Å². The van der Waals surface area contributed by atoms with Crippen molar-refractivity contribution in [3.05, 3.63) is 41.6 Å². The molecule has 134 valence electrons. The van der Waals surface area contributed by atoms with E-state index >= 15 is 0 Å². The van der Waals surface area contributed by atoms with Gasteiger partial charge in [-0.1, -0.05) is 6.92 Å². The number of furan rings is 1. The van der Waals surface area contributed by atoms with Gasteiger partial charge in [0.25, 0.3) is 11.8 Å². The number of piperidine rings is 1. The van der Waals surface area contributed by atoms with Gasteiger partial charge in [-0.15, -0.1) is 0 Å². The summed E-state index contributed by atoms with van der Waals surface area (Å²) in [4.78, 5) is 26.7. The normalized spacial score (nSPS) is 17.5. The summed E-state index contributed by atoms with van der Waals surface area (Å²) in [6.07, 6.45) is 5.96. The minimum atomic E-state index is -0.129. The first kappa shape index (κ1) is 17.3. The second-order valence-electron chi connectivity index (χ2n) is 6.43. The van der Waals surface area contributed by atoms with Crippen LogP contribution in [0.1, 0.15) is 52.8 Å². The maximum Gasteiger partial charge on any atom is 0.289 e. The smallest absolute Gasteiger partial charge is 0.289 e. The number of amides is 2. The van der Waals surface area contributed by atoms with Crippen LogP contribution < -0.4 is 5.32 Å². The number of nitrogens with zero attached hydrogens (tertiary/aromatic N) is 3. The zero-order chi connectivity index (χ0) is 17.8. The minimum Gasteiger partial charge on any atom is -0.459 e. The molecule has 0 aliphatic carbocycles. The van der Waals surface area contributed by atoms with Crippen LogP contribution in [0.2, 0.25) is 0 Å². The quantitative estimate of drug-likeness (QED) is 0.902. The number of likely N-dealkylation sites (tertiary alicyclic amines) is 1. The summed E-state index contributed by atoms with van der Waals surface area (Å²) in [5, 5.41) is 7.42. The summed E-state index contributed by atoms with van der Waals surface area (Å²) in [6.45, 7) is 5.88. The fourth-order valence-corrected chi connectivity index (χ4v) is 3.18. The molecule has 1 atom stereocenters. The average Bonchev–Trinajstić information content (AvgIpc) is 3.24. The van der Waals surface area contributed by atoms with E-state index in [4.69, 9.17) is 4.42 Å². The Morgan fingerprint density at radius 1 is 1.44 bits per heavy atom. The number of hydrogen-bond donors (Lipinski definition) is 1. The summed E-state index contributed by atoms with van der Waals surface area (Å²) in [5.41, 5.74) is 1.33. The van der Waals surface area contributed by atoms with Crippen LogP contribution in [0.4, 0.5) is 0 Å². The molecule has 0 radical (unpaired) electrons. The van der Waals surface area contributed by atoms with Crippen LogP contribution >= 0.6 is 0 Å². The molecule has 0 aromatic carbocycles. The Hall–Kier alpha value is -2.57. The molecule has 0 saturated carbocycles. The van der Waals surface area contributed by atoms with Crippen molar-refractivity contribution < 1.29 is 14.0 Å². The molecule has 25 heavy (non-hydrogen) atoms. The van der Waals surface area contributed by atoms with Crippen molar-refractivity contribution in [3.63, 3.8) is 0 Å². The van der Waals surface area contributed by atoms with E-state index in [1.807, 2.05) is 6.92 Å². The lowest BCUT2D eigenvalue weighted by molar-refractivity contribution is 0.0647. The van der Waals surface area contributed by atoms with Gasteiger partial charge in [0.15, 0.2) is 5.76 Å². The molecule has 0 bridgehead atoms. The summed E-state index contributed by atoms with van der Waals surface area (Å²) in [5.74, 6) is 0.0803. The highest BCUT2D eigenvalue weighted by molar-refractivity contribution is 5.95. The van der Waals surface area contributed by atoms with Gasteiger partial charge in [0.2, 0.25) is 0 Å². The van der Waals surface area contributed by atoms with E-state index in [0.717, 1.165) is 31.5 Å². The van der Waals surface area contributed by atoms with Crippen molar-refractivity contribution in [2.24, 2.45) is 0 Å². The Labute approximate surface area is 147 Å². The number of carbonyl (C=O) groups is 2. The number of hydrogen-bond acceptors (Lipinski definition) is 4. The molecule has 3 heterocycles. The summed E-state index contributed by atoms with van der Waals surface area (Å²) in [7, 11) is 0. The third-order valence-electron chi connectivity index (χ3n) is 4.42. The largest absolute Gasteiger partial charge is 0.459 e. The van der Waals surface area contributed by atoms with Gasteiger partial charge in [0.05, 0.1) is 17.5 Å². The average molecular weight is 344 g/mol. The highest BCUT2D eigenvalue weighted by Gasteiger charge is 2.27. The standard InChI is InChI=1S/C18H24N4O3/c1-3-8-22-12-15(13(2)20-22)17(23)19-14-6-4-9-21(11-14)18(24)16-7-5-10-25-16/h5,7,10,12,14H,3-4,6,8-9,11H2,1-2H3,(H,19,23)/t14-/m0/s1. The SMILES string of the molecule is CCCn1cc(C(=O)N[C@H]2CCCN(C(=O)c3ccco3)C2)c(C)n1. The van der Waals surface area contributed by atoms with Gasteiger partial charge >= 0.3 is 0 Å². The van der Waals surface area contributed by atoms with Crippen LogP contribution in [0.25, 0.3) is 0 Å². The molecule has 1 aliphatic rings. The van der Waals surface area contributed by atoms with Crippen LogP contribution in [0.15, 0.2) is 29.0 Å². The minimum absolute atomic E-state index is 0.0610. The Balaban J connectivity index is 1.62. The third kappa shape index (κ3) is 3.92. The van der Waals surface area contributed by atoms with Crippen LogP contribution in [-0.2, 0) is 6.54 Å². The second-order valence-corrected chi connectivity index (χ2v) is 6.43. The summed E-state index contributed by atoms with van der Waals surface area (Å²) in [6, 6.07) is 3.30. The van der Waals surface area contributed by atoms with Crippen molar-refractivity contribution in [1.82, 2.24) is 20.0 Å². The number of rotatable bonds is 5. The van der Waals surface area contributed by atoms with Crippen LogP contribution in [0.3, 0.4) is 0 Å². The van der Waals surface area contributed by atoms with Gasteiger partial charge in [-0.25, -0.2) is 0 Å². The van der Waals surface area contributed by atoms with Crippen LogP contribution in [0.5, 0.6) is 0 Å². The Bertz CT molecular complexity index is 736. The maximum absolute atomic E-state index is 12.6. The van der Waals surface area contributed by atoms with Crippen LogP contribution in [-0.4, -0.2) is 45.6 Å². The molecule has 7 heteroatoms. The van der Waals surface area contributed by atoms with E-state index in [2.05, 4.69) is 17.3 Å². The predicted molar refractivity (Wildman–Crippen MR) is 92.4 cm³/mol. The molecule has 1 aliphatic heterocycles.